The molecule has 2 unspecified atom stereocenters. The fourth-order valence-corrected chi connectivity index (χ4v) is 1.90. The Morgan fingerprint density at radius 2 is 2.12 bits per heavy atom. The Balaban J connectivity index is 3.01. The quantitative estimate of drug-likeness (QED) is 0.654. The first kappa shape index (κ1) is 14.2. The van der Waals surface area contributed by atoms with Crippen molar-refractivity contribution in [2.45, 2.75) is 19.1 Å². The average Bonchev–Trinajstić information content (AvgIpc) is 2.35. The maximum absolute atomic E-state index is 11.3. The average molecular weight is 303 g/mol. The summed E-state index contributed by atoms with van der Waals surface area (Å²) in [5, 5.41) is 19.7. The van der Waals surface area contributed by atoms with Crippen LogP contribution in [0.1, 0.15) is 27.6 Å². The number of benzene rings is 1. The lowest BCUT2D eigenvalue weighted by Gasteiger charge is -2.18. The standard InChI is InChI=1S/C12H15BrO4/c1-7-5-8(12(16)17-2)3-4-9(7)11(15)10(14)6-13/h3-5,10-11,14-15H,6H2,1-2H3. The number of methoxy groups -OCH3 is 1. The maximum Gasteiger partial charge on any atom is 0.337 e. The predicted molar refractivity (Wildman–Crippen MR) is 67.3 cm³/mol. The SMILES string of the molecule is COC(=O)c1ccc(C(O)C(O)CBr)c(C)c1. The zero-order chi connectivity index (χ0) is 13.0. The molecule has 1 rings (SSSR count). The molecule has 4 nitrogen and oxygen atoms in total. The molecule has 0 saturated carbocycles. The van der Waals surface area contributed by atoms with Gasteiger partial charge in [-0.2, -0.15) is 0 Å². The highest BCUT2D eigenvalue weighted by atomic mass is 79.9. The molecule has 0 amide bonds. The van der Waals surface area contributed by atoms with Gasteiger partial charge in [0.2, 0.25) is 0 Å². The van der Waals surface area contributed by atoms with Crippen molar-refractivity contribution in [3.05, 3.63) is 34.9 Å². The first-order chi connectivity index (χ1) is 8.01. The van der Waals surface area contributed by atoms with E-state index in [-0.39, 0.29) is 5.33 Å². The van der Waals surface area contributed by atoms with Gasteiger partial charge in [0.15, 0.2) is 0 Å². The highest BCUT2D eigenvalue weighted by molar-refractivity contribution is 9.09. The molecule has 2 atom stereocenters. The Kier molecular flexibility index (Phi) is 5.11. The molecule has 0 heterocycles. The Hall–Kier alpha value is -0.910. The Labute approximate surface area is 108 Å². The van der Waals surface area contributed by atoms with Gasteiger partial charge >= 0.3 is 5.97 Å². The minimum absolute atomic E-state index is 0.284. The minimum Gasteiger partial charge on any atom is -0.465 e. The summed E-state index contributed by atoms with van der Waals surface area (Å²) in [5.74, 6) is -0.421. The zero-order valence-electron chi connectivity index (χ0n) is 9.68. The number of alkyl halides is 1. The molecule has 0 radical (unpaired) electrons. The first-order valence-electron chi connectivity index (χ1n) is 5.12. The lowest BCUT2D eigenvalue weighted by Crippen LogP contribution is -2.20. The summed E-state index contributed by atoms with van der Waals surface area (Å²) in [6.07, 6.45) is -1.85. The number of carbonyl (C=O) groups excluding carboxylic acids is 1. The molecule has 0 aliphatic heterocycles. The van der Waals surface area contributed by atoms with E-state index in [1.807, 2.05) is 0 Å². The van der Waals surface area contributed by atoms with Crippen molar-refractivity contribution in [3.63, 3.8) is 0 Å². The molecule has 5 heteroatoms. The lowest BCUT2D eigenvalue weighted by molar-refractivity contribution is 0.0338. The van der Waals surface area contributed by atoms with Crippen molar-refractivity contribution in [2.24, 2.45) is 0 Å². The third-order valence-electron chi connectivity index (χ3n) is 2.53. The van der Waals surface area contributed by atoms with Crippen molar-refractivity contribution in [1.82, 2.24) is 0 Å². The van der Waals surface area contributed by atoms with E-state index in [2.05, 4.69) is 20.7 Å². The van der Waals surface area contributed by atoms with Crippen LogP contribution in [-0.4, -0.2) is 34.7 Å². The van der Waals surface area contributed by atoms with Gasteiger partial charge in [0.05, 0.1) is 18.8 Å². The first-order valence-corrected chi connectivity index (χ1v) is 6.24. The van der Waals surface area contributed by atoms with Crippen molar-refractivity contribution < 1.29 is 19.7 Å². The largest absolute Gasteiger partial charge is 0.465 e. The van der Waals surface area contributed by atoms with Crippen molar-refractivity contribution in [1.29, 1.82) is 0 Å². The highest BCUT2D eigenvalue weighted by Gasteiger charge is 2.19. The fourth-order valence-electron chi connectivity index (χ4n) is 1.54. The number of aryl methyl sites for hydroxylation is 1. The molecular weight excluding hydrogens is 288 g/mol. The summed E-state index contributed by atoms with van der Waals surface area (Å²) in [4.78, 5) is 11.3. The van der Waals surface area contributed by atoms with Crippen molar-refractivity contribution >= 4 is 21.9 Å². The summed E-state index contributed by atoms with van der Waals surface area (Å²) in [5.41, 5.74) is 1.76. The molecule has 17 heavy (non-hydrogen) atoms. The number of rotatable bonds is 4. The number of ether oxygens (including phenoxy) is 1. The number of hydrogen-bond acceptors (Lipinski definition) is 4. The molecular formula is C12H15BrO4. The number of carbonyl (C=O) groups is 1. The second-order valence-corrected chi connectivity index (χ2v) is 4.38. The van der Waals surface area contributed by atoms with E-state index in [1.54, 1.807) is 25.1 Å². The van der Waals surface area contributed by atoms with E-state index in [4.69, 9.17) is 0 Å². The molecule has 0 saturated heterocycles. The van der Waals surface area contributed by atoms with Crippen LogP contribution >= 0.6 is 15.9 Å². The van der Waals surface area contributed by atoms with Gasteiger partial charge in [0.25, 0.3) is 0 Å². The third-order valence-corrected chi connectivity index (χ3v) is 3.20. The van der Waals surface area contributed by atoms with E-state index in [0.29, 0.717) is 11.1 Å². The summed E-state index contributed by atoms with van der Waals surface area (Å²) in [7, 11) is 1.31. The predicted octanol–water partition coefficient (Wildman–Crippen LogP) is 1.57. The van der Waals surface area contributed by atoms with Crippen LogP contribution in [0.2, 0.25) is 0 Å². The topological polar surface area (TPSA) is 66.8 Å². The smallest absolute Gasteiger partial charge is 0.337 e. The number of hydrogen-bond donors (Lipinski definition) is 2. The summed E-state index contributed by atoms with van der Waals surface area (Å²) < 4.78 is 4.60. The Bertz CT molecular complexity index is 405. The molecule has 1 aromatic carbocycles. The summed E-state index contributed by atoms with van der Waals surface area (Å²) in [6, 6.07) is 4.82. The van der Waals surface area contributed by atoms with Crippen LogP contribution in [0.3, 0.4) is 0 Å². The molecule has 1 aromatic rings. The molecule has 0 spiro atoms. The van der Waals surface area contributed by atoms with Crippen LogP contribution in [0.15, 0.2) is 18.2 Å². The minimum atomic E-state index is -0.971. The fraction of sp³-hybridized carbons (Fsp3) is 0.417. The van der Waals surface area contributed by atoms with E-state index in [9.17, 15) is 15.0 Å². The summed E-state index contributed by atoms with van der Waals surface area (Å²) in [6.45, 7) is 1.77. The Morgan fingerprint density at radius 3 is 2.59 bits per heavy atom. The van der Waals surface area contributed by atoms with E-state index in [1.165, 1.54) is 7.11 Å². The second-order valence-electron chi connectivity index (χ2n) is 3.73. The van der Waals surface area contributed by atoms with Crippen molar-refractivity contribution in [2.75, 3.05) is 12.4 Å². The van der Waals surface area contributed by atoms with Gasteiger partial charge in [-0.05, 0) is 30.2 Å². The molecule has 0 bridgehead atoms. The van der Waals surface area contributed by atoms with Crippen LogP contribution in [0.5, 0.6) is 0 Å². The normalized spacial score (nSPS) is 14.2. The monoisotopic (exact) mass is 302 g/mol. The number of halogens is 1. The molecule has 0 aliphatic carbocycles. The van der Waals surface area contributed by atoms with Gasteiger partial charge in [0, 0.05) is 5.33 Å². The van der Waals surface area contributed by atoms with Crippen molar-refractivity contribution in [3.8, 4) is 0 Å². The number of esters is 1. The van der Waals surface area contributed by atoms with E-state index >= 15 is 0 Å². The van der Waals surface area contributed by atoms with Gasteiger partial charge in [-0.1, -0.05) is 22.0 Å². The van der Waals surface area contributed by atoms with Gasteiger partial charge in [0.1, 0.15) is 6.10 Å². The van der Waals surface area contributed by atoms with Gasteiger partial charge < -0.3 is 14.9 Å². The lowest BCUT2D eigenvalue weighted by atomic mass is 9.98. The molecule has 0 aromatic heterocycles. The summed E-state index contributed by atoms with van der Waals surface area (Å²) >= 11 is 3.10. The van der Waals surface area contributed by atoms with Gasteiger partial charge in [-0.25, -0.2) is 4.79 Å². The van der Waals surface area contributed by atoms with Crippen LogP contribution in [0.4, 0.5) is 0 Å². The number of aliphatic hydroxyl groups is 2. The third kappa shape index (κ3) is 3.28. The second kappa shape index (κ2) is 6.14. The number of aliphatic hydroxyl groups excluding tert-OH is 2. The van der Waals surface area contributed by atoms with Crippen LogP contribution < -0.4 is 0 Å². The molecule has 0 aliphatic rings. The maximum atomic E-state index is 11.3. The molecule has 94 valence electrons. The highest BCUT2D eigenvalue weighted by Crippen LogP contribution is 2.23. The molecule has 2 N–H and O–H groups in total. The van der Waals surface area contributed by atoms with E-state index < -0.39 is 18.2 Å². The van der Waals surface area contributed by atoms with Gasteiger partial charge in [-0.3, -0.25) is 0 Å². The Morgan fingerprint density at radius 1 is 1.47 bits per heavy atom. The van der Waals surface area contributed by atoms with Crippen LogP contribution in [0, 0.1) is 6.92 Å². The van der Waals surface area contributed by atoms with E-state index in [0.717, 1.165) is 5.56 Å². The van der Waals surface area contributed by atoms with Gasteiger partial charge in [-0.15, -0.1) is 0 Å². The molecule has 0 fully saturated rings. The van der Waals surface area contributed by atoms with Crippen LogP contribution in [0.25, 0.3) is 0 Å². The van der Waals surface area contributed by atoms with Crippen LogP contribution in [-0.2, 0) is 4.74 Å². The zero-order valence-corrected chi connectivity index (χ0v) is 11.3.